The standard InChI is InChI=1S/C11H14N4/c1-2-7-12-10(5-1)11-6-3-4-9-8-13-14-15(9)11/h3-4,6,8,10,12H,1-2,5,7H2. The molecule has 1 saturated heterocycles. The summed E-state index contributed by atoms with van der Waals surface area (Å²) < 4.78 is 1.93. The third kappa shape index (κ3) is 1.51. The molecule has 1 aliphatic rings. The molecule has 2 aromatic heterocycles. The molecule has 1 N–H and O–H groups in total. The fourth-order valence-corrected chi connectivity index (χ4v) is 2.24. The van der Waals surface area contributed by atoms with Gasteiger partial charge in [-0.3, -0.25) is 0 Å². The summed E-state index contributed by atoms with van der Waals surface area (Å²) in [7, 11) is 0. The first kappa shape index (κ1) is 8.85. The highest BCUT2D eigenvalue weighted by molar-refractivity contribution is 5.44. The predicted molar refractivity (Wildman–Crippen MR) is 57.6 cm³/mol. The molecule has 0 amide bonds. The Morgan fingerprint density at radius 1 is 1.33 bits per heavy atom. The van der Waals surface area contributed by atoms with Crippen molar-refractivity contribution in [1.82, 2.24) is 20.1 Å². The van der Waals surface area contributed by atoms with Crippen LogP contribution in [-0.4, -0.2) is 21.4 Å². The number of hydrogen-bond donors (Lipinski definition) is 1. The largest absolute Gasteiger partial charge is 0.309 e. The van der Waals surface area contributed by atoms with Gasteiger partial charge >= 0.3 is 0 Å². The van der Waals surface area contributed by atoms with Crippen molar-refractivity contribution in [2.45, 2.75) is 25.3 Å². The van der Waals surface area contributed by atoms with Crippen molar-refractivity contribution in [3.05, 3.63) is 30.1 Å². The van der Waals surface area contributed by atoms with Gasteiger partial charge in [-0.25, -0.2) is 4.52 Å². The van der Waals surface area contributed by atoms with Crippen molar-refractivity contribution >= 4 is 5.52 Å². The van der Waals surface area contributed by atoms with Gasteiger partial charge in [0.2, 0.25) is 0 Å². The first-order valence-electron chi connectivity index (χ1n) is 5.48. The fourth-order valence-electron chi connectivity index (χ4n) is 2.24. The van der Waals surface area contributed by atoms with E-state index in [0.717, 1.165) is 12.1 Å². The summed E-state index contributed by atoms with van der Waals surface area (Å²) in [5, 5.41) is 11.6. The first-order chi connectivity index (χ1) is 7.45. The first-order valence-corrected chi connectivity index (χ1v) is 5.48. The zero-order valence-electron chi connectivity index (χ0n) is 8.56. The topological polar surface area (TPSA) is 42.2 Å². The van der Waals surface area contributed by atoms with Crippen molar-refractivity contribution in [2.75, 3.05) is 6.54 Å². The normalized spacial score (nSPS) is 22.0. The van der Waals surface area contributed by atoms with Gasteiger partial charge in [0.1, 0.15) is 0 Å². The summed E-state index contributed by atoms with van der Waals surface area (Å²) in [6.07, 6.45) is 5.57. The summed E-state index contributed by atoms with van der Waals surface area (Å²) in [5.74, 6) is 0. The highest BCUT2D eigenvalue weighted by Crippen LogP contribution is 2.22. The van der Waals surface area contributed by atoms with Crippen molar-refractivity contribution in [3.8, 4) is 0 Å². The average Bonchev–Trinajstić information content (AvgIpc) is 2.78. The number of fused-ring (bicyclic) bond motifs is 1. The molecule has 1 atom stereocenters. The third-order valence-electron chi connectivity index (χ3n) is 3.02. The van der Waals surface area contributed by atoms with Crippen LogP contribution in [-0.2, 0) is 0 Å². The van der Waals surface area contributed by atoms with Crippen LogP contribution >= 0.6 is 0 Å². The molecule has 1 fully saturated rings. The summed E-state index contributed by atoms with van der Waals surface area (Å²) in [4.78, 5) is 0. The number of nitrogens with one attached hydrogen (secondary N) is 1. The Morgan fingerprint density at radius 3 is 3.20 bits per heavy atom. The Balaban J connectivity index is 2.05. The quantitative estimate of drug-likeness (QED) is 0.762. The summed E-state index contributed by atoms with van der Waals surface area (Å²) in [6.45, 7) is 1.11. The molecule has 0 aromatic carbocycles. The Kier molecular flexibility index (Phi) is 2.14. The van der Waals surface area contributed by atoms with Gasteiger partial charge < -0.3 is 5.32 Å². The van der Waals surface area contributed by atoms with Crippen LogP contribution in [0.3, 0.4) is 0 Å². The molecule has 0 radical (unpaired) electrons. The second-order valence-electron chi connectivity index (χ2n) is 4.02. The van der Waals surface area contributed by atoms with E-state index < -0.39 is 0 Å². The maximum atomic E-state index is 4.12. The Bertz CT molecular complexity index is 456. The molecule has 4 heteroatoms. The smallest absolute Gasteiger partial charge is 0.0868 e. The van der Waals surface area contributed by atoms with Crippen molar-refractivity contribution in [1.29, 1.82) is 0 Å². The van der Waals surface area contributed by atoms with Crippen LogP contribution in [0, 0.1) is 0 Å². The minimum Gasteiger partial charge on any atom is -0.309 e. The van der Waals surface area contributed by atoms with Crippen molar-refractivity contribution in [3.63, 3.8) is 0 Å². The van der Waals surface area contributed by atoms with E-state index in [1.54, 1.807) is 6.20 Å². The van der Waals surface area contributed by atoms with E-state index >= 15 is 0 Å². The van der Waals surface area contributed by atoms with Gasteiger partial charge in [0.25, 0.3) is 0 Å². The molecule has 15 heavy (non-hydrogen) atoms. The van der Waals surface area contributed by atoms with Crippen LogP contribution in [0.5, 0.6) is 0 Å². The summed E-state index contributed by atoms with van der Waals surface area (Å²) in [5.41, 5.74) is 2.30. The van der Waals surface area contributed by atoms with Gasteiger partial charge in [0.15, 0.2) is 0 Å². The molecule has 3 rings (SSSR count). The Hall–Kier alpha value is -1.42. The number of rotatable bonds is 1. The third-order valence-corrected chi connectivity index (χ3v) is 3.02. The van der Waals surface area contributed by atoms with Crippen LogP contribution in [0.1, 0.15) is 31.0 Å². The minimum absolute atomic E-state index is 0.434. The number of hydrogen-bond acceptors (Lipinski definition) is 3. The molecule has 4 nitrogen and oxygen atoms in total. The predicted octanol–water partition coefficient (Wildman–Crippen LogP) is 1.54. The molecule has 1 unspecified atom stereocenters. The van der Waals surface area contributed by atoms with Crippen molar-refractivity contribution < 1.29 is 0 Å². The summed E-state index contributed by atoms with van der Waals surface area (Å²) in [6, 6.07) is 6.67. The second kappa shape index (κ2) is 3.62. The van der Waals surface area contributed by atoms with Gasteiger partial charge in [-0.2, -0.15) is 0 Å². The van der Waals surface area contributed by atoms with Crippen LogP contribution in [0.15, 0.2) is 24.4 Å². The monoisotopic (exact) mass is 202 g/mol. The molecule has 0 aliphatic carbocycles. The van der Waals surface area contributed by atoms with Gasteiger partial charge in [-0.05, 0) is 31.5 Å². The van der Waals surface area contributed by atoms with E-state index in [2.05, 4.69) is 27.8 Å². The molecule has 3 heterocycles. The van der Waals surface area contributed by atoms with Crippen LogP contribution in [0.4, 0.5) is 0 Å². The number of aromatic nitrogens is 3. The number of pyridine rings is 1. The molecule has 1 aliphatic heterocycles. The van der Waals surface area contributed by atoms with E-state index in [0.29, 0.717) is 6.04 Å². The van der Waals surface area contributed by atoms with E-state index in [9.17, 15) is 0 Å². The molecule has 0 bridgehead atoms. The number of piperidine rings is 1. The molecular weight excluding hydrogens is 188 g/mol. The fraction of sp³-hybridized carbons (Fsp3) is 0.455. The lowest BCUT2D eigenvalue weighted by molar-refractivity contribution is 0.399. The highest BCUT2D eigenvalue weighted by atomic mass is 15.4. The van der Waals surface area contributed by atoms with E-state index in [1.165, 1.54) is 25.0 Å². The number of nitrogens with zero attached hydrogens (tertiary/aromatic N) is 3. The second-order valence-corrected chi connectivity index (χ2v) is 4.02. The van der Waals surface area contributed by atoms with Gasteiger partial charge in [-0.1, -0.05) is 17.7 Å². The maximum absolute atomic E-state index is 4.12. The lowest BCUT2D eigenvalue weighted by atomic mass is 10.0. The molecule has 0 saturated carbocycles. The Labute approximate surface area is 88.3 Å². The SMILES string of the molecule is c1cc(C2CCCCN2)n2nncc2c1. The van der Waals surface area contributed by atoms with Gasteiger partial charge in [-0.15, -0.1) is 5.10 Å². The van der Waals surface area contributed by atoms with Crippen LogP contribution in [0.25, 0.3) is 5.52 Å². The van der Waals surface area contributed by atoms with E-state index in [4.69, 9.17) is 0 Å². The lowest BCUT2D eigenvalue weighted by Crippen LogP contribution is -2.28. The van der Waals surface area contributed by atoms with Gasteiger partial charge in [0, 0.05) is 6.04 Å². The molecule has 0 spiro atoms. The zero-order chi connectivity index (χ0) is 10.1. The molecule has 2 aromatic rings. The van der Waals surface area contributed by atoms with Gasteiger partial charge in [0.05, 0.1) is 17.4 Å². The van der Waals surface area contributed by atoms with Crippen molar-refractivity contribution in [2.24, 2.45) is 0 Å². The Morgan fingerprint density at radius 2 is 2.33 bits per heavy atom. The zero-order valence-corrected chi connectivity index (χ0v) is 8.56. The summed E-state index contributed by atoms with van der Waals surface area (Å²) >= 11 is 0. The van der Waals surface area contributed by atoms with E-state index in [1.807, 2.05) is 10.6 Å². The lowest BCUT2D eigenvalue weighted by Gasteiger charge is -2.23. The van der Waals surface area contributed by atoms with E-state index in [-0.39, 0.29) is 0 Å². The minimum atomic E-state index is 0.434. The molecule has 78 valence electrons. The highest BCUT2D eigenvalue weighted by Gasteiger charge is 2.17. The average molecular weight is 202 g/mol. The van der Waals surface area contributed by atoms with Crippen LogP contribution < -0.4 is 5.32 Å². The molecular formula is C11H14N4. The maximum Gasteiger partial charge on any atom is 0.0868 e. The van der Waals surface area contributed by atoms with Crippen LogP contribution in [0.2, 0.25) is 0 Å².